The van der Waals surface area contributed by atoms with Crippen LogP contribution in [0.5, 0.6) is 0 Å². The van der Waals surface area contributed by atoms with E-state index in [1.807, 2.05) is 17.9 Å². The minimum Gasteiger partial charge on any atom is -0.314 e. The van der Waals surface area contributed by atoms with Crippen molar-refractivity contribution in [3.63, 3.8) is 0 Å². The minimum atomic E-state index is 0.853. The fourth-order valence-corrected chi connectivity index (χ4v) is 3.03. The number of nitrogens with one attached hydrogen (secondary N) is 1. The Morgan fingerprint density at radius 3 is 3.00 bits per heavy atom. The Morgan fingerprint density at radius 1 is 1.37 bits per heavy atom. The van der Waals surface area contributed by atoms with E-state index in [9.17, 15) is 0 Å². The van der Waals surface area contributed by atoms with Gasteiger partial charge in [-0.3, -0.25) is 4.68 Å². The molecule has 1 saturated heterocycles. The van der Waals surface area contributed by atoms with Gasteiger partial charge < -0.3 is 10.2 Å². The Morgan fingerprint density at radius 2 is 2.26 bits per heavy atom. The molecule has 0 spiro atoms. The van der Waals surface area contributed by atoms with Crippen molar-refractivity contribution in [1.29, 1.82) is 0 Å². The molecule has 106 valence electrons. The summed E-state index contributed by atoms with van der Waals surface area (Å²) in [4.78, 5) is 2.63. The number of hydrogen-bond donors (Lipinski definition) is 1. The molecule has 1 aliphatic carbocycles. The van der Waals surface area contributed by atoms with Crippen molar-refractivity contribution in [1.82, 2.24) is 20.0 Å². The summed E-state index contributed by atoms with van der Waals surface area (Å²) in [5.41, 5.74) is 1.36. The maximum atomic E-state index is 4.24. The standard InChI is InChI=1S/C15H26N4/c1-18-11-14(10-17-18)6-8-19-7-2-3-13(12-19)9-16-15-4-5-15/h10-11,13,15-16H,2-9,12H2,1H3. The van der Waals surface area contributed by atoms with E-state index in [-0.39, 0.29) is 0 Å². The zero-order valence-corrected chi connectivity index (χ0v) is 12.0. The molecule has 4 nitrogen and oxygen atoms in total. The molecule has 3 rings (SSSR count). The van der Waals surface area contributed by atoms with Crippen molar-refractivity contribution < 1.29 is 0 Å². The second-order valence-electron chi connectivity index (χ2n) is 6.26. The van der Waals surface area contributed by atoms with Crippen LogP contribution in [0.15, 0.2) is 12.4 Å². The predicted molar refractivity (Wildman–Crippen MR) is 77.1 cm³/mol. The summed E-state index contributed by atoms with van der Waals surface area (Å²) in [5.74, 6) is 0.864. The number of likely N-dealkylation sites (tertiary alicyclic amines) is 1. The number of aryl methyl sites for hydroxylation is 1. The molecule has 1 saturated carbocycles. The van der Waals surface area contributed by atoms with Crippen molar-refractivity contribution in [2.24, 2.45) is 13.0 Å². The monoisotopic (exact) mass is 262 g/mol. The fourth-order valence-electron chi connectivity index (χ4n) is 3.03. The van der Waals surface area contributed by atoms with Crippen molar-refractivity contribution in [3.05, 3.63) is 18.0 Å². The maximum Gasteiger partial charge on any atom is 0.0522 e. The molecule has 1 aliphatic heterocycles. The van der Waals surface area contributed by atoms with E-state index < -0.39 is 0 Å². The molecule has 1 unspecified atom stereocenters. The summed E-state index contributed by atoms with van der Waals surface area (Å²) < 4.78 is 1.90. The van der Waals surface area contributed by atoms with Gasteiger partial charge in [0, 0.05) is 32.4 Å². The zero-order valence-electron chi connectivity index (χ0n) is 12.0. The Labute approximate surface area is 116 Å². The fraction of sp³-hybridized carbons (Fsp3) is 0.800. The van der Waals surface area contributed by atoms with Gasteiger partial charge in [0.15, 0.2) is 0 Å². The third-order valence-electron chi connectivity index (χ3n) is 4.35. The molecule has 2 aliphatic rings. The molecule has 2 fully saturated rings. The van der Waals surface area contributed by atoms with Crippen LogP contribution in [0.3, 0.4) is 0 Å². The molecule has 0 bridgehead atoms. The van der Waals surface area contributed by atoms with Gasteiger partial charge in [-0.1, -0.05) is 0 Å². The lowest BCUT2D eigenvalue weighted by Gasteiger charge is -2.32. The van der Waals surface area contributed by atoms with Crippen molar-refractivity contribution >= 4 is 0 Å². The lowest BCUT2D eigenvalue weighted by atomic mass is 9.97. The van der Waals surface area contributed by atoms with E-state index in [0.29, 0.717) is 0 Å². The van der Waals surface area contributed by atoms with E-state index in [0.717, 1.165) is 18.4 Å². The van der Waals surface area contributed by atoms with Crippen LogP contribution in [0.25, 0.3) is 0 Å². The van der Waals surface area contributed by atoms with Gasteiger partial charge in [-0.2, -0.15) is 5.10 Å². The van der Waals surface area contributed by atoms with Gasteiger partial charge >= 0.3 is 0 Å². The van der Waals surface area contributed by atoms with E-state index in [2.05, 4.69) is 21.5 Å². The average Bonchev–Trinajstić information content (AvgIpc) is 3.16. The molecule has 0 aromatic carbocycles. The van der Waals surface area contributed by atoms with Gasteiger partial charge in [0.25, 0.3) is 0 Å². The first kappa shape index (κ1) is 13.1. The SMILES string of the molecule is Cn1cc(CCN2CCCC(CNC3CC3)C2)cn1. The Kier molecular flexibility index (Phi) is 4.18. The van der Waals surface area contributed by atoms with Gasteiger partial charge in [0.2, 0.25) is 0 Å². The smallest absolute Gasteiger partial charge is 0.0522 e. The summed E-state index contributed by atoms with van der Waals surface area (Å²) in [6, 6.07) is 0.853. The maximum absolute atomic E-state index is 4.24. The third-order valence-corrected chi connectivity index (χ3v) is 4.35. The van der Waals surface area contributed by atoms with Crippen LogP contribution in [0, 0.1) is 5.92 Å². The van der Waals surface area contributed by atoms with Gasteiger partial charge in [-0.05, 0) is 56.7 Å². The van der Waals surface area contributed by atoms with Crippen LogP contribution < -0.4 is 5.32 Å². The normalized spacial score (nSPS) is 24.8. The highest BCUT2D eigenvalue weighted by atomic mass is 15.2. The number of aromatic nitrogens is 2. The highest BCUT2D eigenvalue weighted by Crippen LogP contribution is 2.21. The molecule has 2 heterocycles. The van der Waals surface area contributed by atoms with E-state index in [4.69, 9.17) is 0 Å². The molecule has 1 N–H and O–H groups in total. The molecule has 1 aromatic rings. The largest absolute Gasteiger partial charge is 0.314 e. The molecule has 0 radical (unpaired) electrons. The van der Waals surface area contributed by atoms with Gasteiger partial charge in [-0.15, -0.1) is 0 Å². The first-order valence-electron chi connectivity index (χ1n) is 7.73. The predicted octanol–water partition coefficient (Wildman–Crippen LogP) is 1.43. The molecular weight excluding hydrogens is 236 g/mol. The van der Waals surface area contributed by atoms with Gasteiger partial charge in [-0.25, -0.2) is 0 Å². The Bertz CT molecular complexity index is 397. The van der Waals surface area contributed by atoms with Crippen molar-refractivity contribution in [2.45, 2.75) is 38.1 Å². The minimum absolute atomic E-state index is 0.853. The summed E-state index contributed by atoms with van der Waals surface area (Å²) >= 11 is 0. The molecule has 0 amide bonds. The highest BCUT2D eigenvalue weighted by molar-refractivity contribution is 5.04. The molecule has 4 heteroatoms. The zero-order chi connectivity index (χ0) is 13.1. The van der Waals surface area contributed by atoms with Gasteiger partial charge in [0.05, 0.1) is 6.20 Å². The highest BCUT2D eigenvalue weighted by Gasteiger charge is 2.24. The average molecular weight is 262 g/mol. The van der Waals surface area contributed by atoms with Crippen LogP contribution in [0.1, 0.15) is 31.2 Å². The van der Waals surface area contributed by atoms with E-state index >= 15 is 0 Å². The first-order valence-corrected chi connectivity index (χ1v) is 7.73. The number of rotatable bonds is 6. The first-order chi connectivity index (χ1) is 9.29. The summed E-state index contributed by atoms with van der Waals surface area (Å²) in [6.07, 6.45) is 10.8. The Balaban J connectivity index is 1.39. The Hall–Kier alpha value is -0.870. The summed E-state index contributed by atoms with van der Waals surface area (Å²) in [6.45, 7) is 4.97. The van der Waals surface area contributed by atoms with Crippen molar-refractivity contribution in [2.75, 3.05) is 26.2 Å². The van der Waals surface area contributed by atoms with Crippen molar-refractivity contribution in [3.8, 4) is 0 Å². The van der Waals surface area contributed by atoms with E-state index in [1.165, 1.54) is 57.4 Å². The van der Waals surface area contributed by atoms with Crippen LogP contribution in [0.4, 0.5) is 0 Å². The number of nitrogens with zero attached hydrogens (tertiary/aromatic N) is 3. The number of hydrogen-bond acceptors (Lipinski definition) is 3. The third kappa shape index (κ3) is 4.05. The van der Waals surface area contributed by atoms with Crippen LogP contribution >= 0.6 is 0 Å². The molecular formula is C15H26N4. The van der Waals surface area contributed by atoms with E-state index in [1.54, 1.807) is 0 Å². The van der Waals surface area contributed by atoms with Crippen LogP contribution in [-0.2, 0) is 13.5 Å². The van der Waals surface area contributed by atoms with Crippen LogP contribution in [0.2, 0.25) is 0 Å². The second-order valence-corrected chi connectivity index (χ2v) is 6.26. The lowest BCUT2D eigenvalue weighted by molar-refractivity contribution is 0.174. The molecule has 19 heavy (non-hydrogen) atoms. The van der Waals surface area contributed by atoms with Gasteiger partial charge in [0.1, 0.15) is 0 Å². The van der Waals surface area contributed by atoms with Crippen LogP contribution in [-0.4, -0.2) is 46.9 Å². The lowest BCUT2D eigenvalue weighted by Crippen LogP contribution is -2.40. The second kappa shape index (κ2) is 6.06. The molecule has 1 aromatic heterocycles. The summed E-state index contributed by atoms with van der Waals surface area (Å²) in [7, 11) is 1.99. The summed E-state index contributed by atoms with van der Waals surface area (Å²) in [5, 5.41) is 7.92. The topological polar surface area (TPSA) is 33.1 Å². The quantitative estimate of drug-likeness (QED) is 0.842. The molecule has 1 atom stereocenters. The number of piperidine rings is 1.